The van der Waals surface area contributed by atoms with E-state index < -0.39 is 0 Å². The summed E-state index contributed by atoms with van der Waals surface area (Å²) in [6.45, 7) is 7.66. The van der Waals surface area contributed by atoms with Gasteiger partial charge in [0, 0.05) is 39.5 Å². The number of para-hydroxylation sites is 1. The van der Waals surface area contributed by atoms with Crippen molar-refractivity contribution in [2.24, 2.45) is 4.99 Å². The second-order valence-electron chi connectivity index (χ2n) is 6.87. The lowest BCUT2D eigenvalue weighted by atomic mass is 10.1. The number of nitrogens with one attached hydrogen (secondary N) is 2. The molecule has 0 radical (unpaired) electrons. The van der Waals surface area contributed by atoms with E-state index >= 15 is 0 Å². The maximum Gasteiger partial charge on any atom is 0.190 e. The fraction of sp³-hybridized carbons (Fsp3) is 0.545. The average molecular weight is 513 g/mol. The van der Waals surface area contributed by atoms with Crippen molar-refractivity contribution in [3.8, 4) is 5.69 Å². The van der Waals surface area contributed by atoms with E-state index in [0.717, 1.165) is 69.3 Å². The summed E-state index contributed by atoms with van der Waals surface area (Å²) in [5.41, 5.74) is 3.48. The van der Waals surface area contributed by atoms with Crippen LogP contribution in [0.2, 0.25) is 0 Å². The predicted octanol–water partition coefficient (Wildman–Crippen LogP) is 4.10. The second-order valence-corrected chi connectivity index (χ2v) is 6.87. The lowest BCUT2D eigenvalue weighted by molar-refractivity contribution is 0.129. The molecule has 0 aliphatic rings. The van der Waals surface area contributed by atoms with Crippen molar-refractivity contribution < 1.29 is 4.74 Å². The van der Waals surface area contributed by atoms with Crippen molar-refractivity contribution in [3.05, 3.63) is 47.8 Å². The van der Waals surface area contributed by atoms with Crippen molar-refractivity contribution in [1.29, 1.82) is 0 Å². The Bertz CT molecular complexity index is 702. The lowest BCUT2D eigenvalue weighted by Crippen LogP contribution is -2.38. The summed E-state index contributed by atoms with van der Waals surface area (Å²) >= 11 is 0. The Labute approximate surface area is 192 Å². The van der Waals surface area contributed by atoms with E-state index in [1.807, 2.05) is 22.9 Å². The van der Waals surface area contributed by atoms with Crippen molar-refractivity contribution in [3.63, 3.8) is 0 Å². The van der Waals surface area contributed by atoms with Gasteiger partial charge in [0.05, 0.1) is 11.4 Å². The molecule has 162 valence electrons. The first-order chi connectivity index (χ1) is 13.7. The number of ether oxygens (including phenoxy) is 1. The van der Waals surface area contributed by atoms with Crippen LogP contribution >= 0.6 is 24.0 Å². The van der Waals surface area contributed by atoms with Gasteiger partial charge in [0.15, 0.2) is 5.96 Å². The molecule has 0 fully saturated rings. The van der Waals surface area contributed by atoms with E-state index in [1.165, 1.54) is 12.0 Å². The summed E-state index contributed by atoms with van der Waals surface area (Å²) in [5, 5.41) is 11.4. The number of aryl methyl sites for hydroxylation is 2. The molecule has 29 heavy (non-hydrogen) atoms. The molecule has 0 saturated carbocycles. The van der Waals surface area contributed by atoms with E-state index in [1.54, 1.807) is 7.05 Å². The van der Waals surface area contributed by atoms with E-state index in [-0.39, 0.29) is 24.0 Å². The molecule has 1 aromatic heterocycles. The Kier molecular flexibility index (Phi) is 13.4. The van der Waals surface area contributed by atoms with Gasteiger partial charge in [-0.1, -0.05) is 31.5 Å². The minimum atomic E-state index is 0. The molecular formula is C22H36IN5O. The molecule has 0 saturated heterocycles. The highest BCUT2D eigenvalue weighted by Gasteiger charge is 2.06. The van der Waals surface area contributed by atoms with Crippen molar-refractivity contribution in [1.82, 2.24) is 20.4 Å². The SMILES string of the molecule is CCCCOCCCNC(=NC)NCCCc1cn(-c2ccccc2)nc1C.I. The van der Waals surface area contributed by atoms with Crippen LogP contribution in [0.3, 0.4) is 0 Å². The largest absolute Gasteiger partial charge is 0.381 e. The standard InChI is InChI=1S/C22H35N5O.HI/c1-4-5-16-28-17-10-15-25-22(23-3)24-14-9-11-20-18-27(26-19(20)2)21-12-7-6-8-13-21;/h6-8,12-13,18H,4-5,9-11,14-17H2,1-3H3,(H2,23,24,25);1H. The fourth-order valence-electron chi connectivity index (χ4n) is 2.89. The molecule has 2 rings (SSSR count). The normalized spacial score (nSPS) is 11.2. The van der Waals surface area contributed by atoms with Crippen LogP contribution in [0, 0.1) is 6.92 Å². The highest BCUT2D eigenvalue weighted by Crippen LogP contribution is 2.13. The van der Waals surface area contributed by atoms with Gasteiger partial charge in [-0.15, -0.1) is 24.0 Å². The number of rotatable bonds is 12. The minimum Gasteiger partial charge on any atom is -0.381 e. The summed E-state index contributed by atoms with van der Waals surface area (Å²) < 4.78 is 7.53. The third-order valence-corrected chi connectivity index (χ3v) is 4.56. The molecule has 2 aromatic rings. The van der Waals surface area contributed by atoms with E-state index in [4.69, 9.17) is 4.74 Å². The fourth-order valence-corrected chi connectivity index (χ4v) is 2.89. The van der Waals surface area contributed by atoms with Gasteiger partial charge in [-0.05, 0) is 50.3 Å². The monoisotopic (exact) mass is 513 g/mol. The second kappa shape index (κ2) is 15.3. The molecule has 6 nitrogen and oxygen atoms in total. The molecule has 2 N–H and O–H groups in total. The molecule has 0 atom stereocenters. The van der Waals surface area contributed by atoms with Crippen LogP contribution in [0.15, 0.2) is 41.5 Å². The first-order valence-electron chi connectivity index (χ1n) is 10.4. The van der Waals surface area contributed by atoms with Gasteiger partial charge >= 0.3 is 0 Å². The van der Waals surface area contributed by atoms with Crippen LogP contribution < -0.4 is 10.6 Å². The highest BCUT2D eigenvalue weighted by molar-refractivity contribution is 14.0. The number of hydrogen-bond acceptors (Lipinski definition) is 3. The topological polar surface area (TPSA) is 63.5 Å². The number of unbranched alkanes of at least 4 members (excludes halogenated alkanes) is 1. The zero-order valence-corrected chi connectivity index (χ0v) is 20.3. The average Bonchev–Trinajstić information content (AvgIpc) is 3.10. The molecule has 0 bridgehead atoms. The number of nitrogens with zero attached hydrogens (tertiary/aromatic N) is 3. The molecule has 0 spiro atoms. The Hall–Kier alpha value is -1.61. The number of aromatic nitrogens is 2. The smallest absolute Gasteiger partial charge is 0.190 e. The van der Waals surface area contributed by atoms with Crippen LogP contribution in [-0.4, -0.2) is 49.1 Å². The summed E-state index contributed by atoms with van der Waals surface area (Å²) in [6.07, 6.45) is 7.47. The predicted molar refractivity (Wildman–Crippen MR) is 132 cm³/mol. The quantitative estimate of drug-likeness (QED) is 0.194. The van der Waals surface area contributed by atoms with Crippen LogP contribution in [0.25, 0.3) is 5.69 Å². The summed E-state index contributed by atoms with van der Waals surface area (Å²) in [5.74, 6) is 0.852. The Morgan fingerprint density at radius 1 is 1.07 bits per heavy atom. The summed E-state index contributed by atoms with van der Waals surface area (Å²) in [7, 11) is 1.81. The first-order valence-corrected chi connectivity index (χ1v) is 10.4. The third-order valence-electron chi connectivity index (χ3n) is 4.56. The number of halogens is 1. The molecule has 1 heterocycles. The van der Waals surface area contributed by atoms with Gasteiger partial charge < -0.3 is 15.4 Å². The Morgan fingerprint density at radius 2 is 1.76 bits per heavy atom. The molecule has 1 aromatic carbocycles. The van der Waals surface area contributed by atoms with Crippen LogP contribution in [-0.2, 0) is 11.2 Å². The number of hydrogen-bond donors (Lipinski definition) is 2. The summed E-state index contributed by atoms with van der Waals surface area (Å²) in [4.78, 5) is 4.28. The summed E-state index contributed by atoms with van der Waals surface area (Å²) in [6, 6.07) is 10.2. The number of aliphatic imine (C=N–C) groups is 1. The van der Waals surface area contributed by atoms with Crippen LogP contribution in [0.4, 0.5) is 0 Å². The van der Waals surface area contributed by atoms with Gasteiger partial charge in [0.1, 0.15) is 0 Å². The van der Waals surface area contributed by atoms with Crippen LogP contribution in [0.5, 0.6) is 0 Å². The van der Waals surface area contributed by atoms with E-state index in [9.17, 15) is 0 Å². The molecule has 0 unspecified atom stereocenters. The number of benzene rings is 1. The lowest BCUT2D eigenvalue weighted by Gasteiger charge is -2.11. The zero-order chi connectivity index (χ0) is 20.0. The van der Waals surface area contributed by atoms with Gasteiger partial charge in [-0.25, -0.2) is 4.68 Å². The van der Waals surface area contributed by atoms with Gasteiger partial charge in [0.25, 0.3) is 0 Å². The van der Waals surface area contributed by atoms with Gasteiger partial charge in [-0.2, -0.15) is 5.10 Å². The Morgan fingerprint density at radius 3 is 2.45 bits per heavy atom. The maximum atomic E-state index is 5.57. The van der Waals surface area contributed by atoms with Crippen molar-refractivity contribution in [2.75, 3.05) is 33.4 Å². The molecule has 0 aliphatic heterocycles. The van der Waals surface area contributed by atoms with E-state index in [2.05, 4.69) is 52.9 Å². The van der Waals surface area contributed by atoms with Gasteiger partial charge in [0.2, 0.25) is 0 Å². The molecule has 0 aliphatic carbocycles. The van der Waals surface area contributed by atoms with Crippen molar-refractivity contribution in [2.45, 2.75) is 46.0 Å². The molecule has 0 amide bonds. The zero-order valence-electron chi connectivity index (χ0n) is 18.0. The molecular weight excluding hydrogens is 477 g/mol. The van der Waals surface area contributed by atoms with Gasteiger partial charge in [-0.3, -0.25) is 4.99 Å². The first kappa shape index (κ1) is 25.4. The molecule has 7 heteroatoms. The van der Waals surface area contributed by atoms with Crippen molar-refractivity contribution >= 4 is 29.9 Å². The van der Waals surface area contributed by atoms with E-state index in [0.29, 0.717) is 0 Å². The highest BCUT2D eigenvalue weighted by atomic mass is 127. The maximum absolute atomic E-state index is 5.57. The minimum absolute atomic E-state index is 0. The third kappa shape index (κ3) is 9.62. The number of guanidine groups is 1. The Balaban J connectivity index is 0.00000420. The van der Waals surface area contributed by atoms with Crippen LogP contribution in [0.1, 0.15) is 43.9 Å².